The summed E-state index contributed by atoms with van der Waals surface area (Å²) in [5, 5.41) is 0. The Hall–Kier alpha value is -3.46. The van der Waals surface area contributed by atoms with Crippen molar-refractivity contribution in [3.05, 3.63) is 103 Å². The van der Waals surface area contributed by atoms with Crippen molar-refractivity contribution in [2.45, 2.75) is 79.3 Å². The summed E-state index contributed by atoms with van der Waals surface area (Å²) >= 11 is 0. The number of benzene rings is 4. The highest BCUT2D eigenvalue weighted by molar-refractivity contribution is 7.97. The zero-order chi connectivity index (χ0) is 31.1. The van der Waals surface area contributed by atoms with Crippen LogP contribution in [-0.2, 0) is 21.0 Å². The summed E-state index contributed by atoms with van der Waals surface area (Å²) in [4.78, 5) is 3.63. The number of hydrogen-bond donors (Lipinski definition) is 1. The van der Waals surface area contributed by atoms with Crippen LogP contribution in [0.4, 0.5) is 0 Å². The number of rotatable bonds is 7. The molecule has 0 aliphatic heterocycles. The van der Waals surface area contributed by atoms with Gasteiger partial charge in [-0.15, -0.1) is 0 Å². The van der Waals surface area contributed by atoms with E-state index in [2.05, 4.69) is 102 Å². The first kappa shape index (κ1) is 33.0. The standard InChI is InChI=1S/C27H33O3S.C7H8O3S/c1-26(2,3)29-21-10-16-24(17-11-21)31(23-14-8-20(28-7)9-15-23)25-18-12-22(13-19-25)30-27(4,5)6;1-6-2-4-7(5-3-6)11(8,9)10/h8-19H,1-7H3;2-5H,1H3,(H,8,9,10)/q+1;. The maximum Gasteiger partial charge on any atom is 0.294 e. The summed E-state index contributed by atoms with van der Waals surface area (Å²) in [6, 6.07) is 31.2. The molecule has 0 fully saturated rings. The van der Waals surface area contributed by atoms with Gasteiger partial charge in [-0.1, -0.05) is 17.7 Å². The fourth-order valence-corrected chi connectivity index (χ4v) is 6.35. The van der Waals surface area contributed by atoms with E-state index in [1.165, 1.54) is 26.8 Å². The first-order valence-corrected chi connectivity index (χ1v) is 16.2. The lowest BCUT2D eigenvalue weighted by atomic mass is 10.2. The average Bonchev–Trinajstić information content (AvgIpc) is 2.90. The van der Waals surface area contributed by atoms with Gasteiger partial charge >= 0.3 is 0 Å². The molecule has 0 aliphatic rings. The van der Waals surface area contributed by atoms with Crippen LogP contribution in [0, 0.1) is 6.92 Å². The summed E-state index contributed by atoms with van der Waals surface area (Å²) in [5.74, 6) is 2.61. The van der Waals surface area contributed by atoms with Crippen LogP contribution in [0.15, 0.2) is 117 Å². The van der Waals surface area contributed by atoms with Crippen molar-refractivity contribution in [3.8, 4) is 17.2 Å². The second-order valence-electron chi connectivity index (χ2n) is 11.6. The minimum Gasteiger partial charge on any atom is -0.497 e. The molecule has 4 aromatic carbocycles. The lowest BCUT2D eigenvalue weighted by Crippen LogP contribution is -2.23. The molecule has 0 saturated carbocycles. The van der Waals surface area contributed by atoms with Gasteiger partial charge in [-0.25, -0.2) is 0 Å². The quantitative estimate of drug-likeness (QED) is 0.167. The van der Waals surface area contributed by atoms with Crippen molar-refractivity contribution < 1.29 is 27.2 Å². The lowest BCUT2D eigenvalue weighted by Gasteiger charge is -2.21. The normalized spacial score (nSPS) is 11.9. The summed E-state index contributed by atoms with van der Waals surface area (Å²) in [7, 11) is -2.58. The molecule has 0 amide bonds. The largest absolute Gasteiger partial charge is 0.497 e. The molecule has 0 unspecified atom stereocenters. The van der Waals surface area contributed by atoms with E-state index in [0.717, 1.165) is 22.8 Å². The van der Waals surface area contributed by atoms with E-state index >= 15 is 0 Å². The zero-order valence-electron chi connectivity index (χ0n) is 25.5. The van der Waals surface area contributed by atoms with Crippen LogP contribution in [0.2, 0.25) is 0 Å². The minimum absolute atomic E-state index is 0.0666. The van der Waals surface area contributed by atoms with Crippen LogP contribution in [-0.4, -0.2) is 31.3 Å². The molecule has 4 aromatic rings. The molecule has 0 spiro atoms. The maximum absolute atomic E-state index is 10.5. The Morgan fingerprint density at radius 2 is 0.905 bits per heavy atom. The Kier molecular flexibility index (Phi) is 10.8. The molecule has 224 valence electrons. The highest BCUT2D eigenvalue weighted by Crippen LogP contribution is 2.34. The van der Waals surface area contributed by atoms with E-state index in [1.807, 2.05) is 19.1 Å². The highest BCUT2D eigenvalue weighted by atomic mass is 32.2. The molecule has 0 aliphatic carbocycles. The van der Waals surface area contributed by atoms with Gasteiger partial charge in [0.15, 0.2) is 14.7 Å². The molecule has 6 nitrogen and oxygen atoms in total. The molecule has 0 atom stereocenters. The van der Waals surface area contributed by atoms with Crippen molar-refractivity contribution in [1.82, 2.24) is 0 Å². The van der Waals surface area contributed by atoms with E-state index in [9.17, 15) is 8.42 Å². The molecular formula is C34H41O6S2+. The van der Waals surface area contributed by atoms with Crippen LogP contribution in [0.3, 0.4) is 0 Å². The van der Waals surface area contributed by atoms with Gasteiger partial charge in [0.25, 0.3) is 10.1 Å². The monoisotopic (exact) mass is 609 g/mol. The third-order valence-electron chi connectivity index (χ3n) is 5.58. The number of hydrogen-bond acceptors (Lipinski definition) is 5. The molecular weight excluding hydrogens is 569 g/mol. The number of aryl methyl sites for hydroxylation is 1. The SMILES string of the molecule is COc1ccc([S+](c2ccc(OC(C)(C)C)cc2)c2ccc(OC(C)(C)C)cc2)cc1.Cc1ccc(S(=O)(=O)O)cc1. The van der Waals surface area contributed by atoms with E-state index in [-0.39, 0.29) is 27.0 Å². The highest BCUT2D eigenvalue weighted by Gasteiger charge is 2.29. The van der Waals surface area contributed by atoms with E-state index in [0.29, 0.717) is 0 Å². The molecule has 42 heavy (non-hydrogen) atoms. The van der Waals surface area contributed by atoms with Crippen LogP contribution in [0.5, 0.6) is 17.2 Å². The second kappa shape index (κ2) is 13.7. The first-order valence-electron chi connectivity index (χ1n) is 13.5. The van der Waals surface area contributed by atoms with Gasteiger partial charge in [-0.3, -0.25) is 4.55 Å². The van der Waals surface area contributed by atoms with Crippen molar-refractivity contribution >= 4 is 21.0 Å². The molecule has 0 saturated heterocycles. The number of ether oxygens (including phenoxy) is 3. The molecule has 4 rings (SSSR count). The smallest absolute Gasteiger partial charge is 0.294 e. The van der Waals surface area contributed by atoms with Crippen molar-refractivity contribution in [1.29, 1.82) is 0 Å². The first-order chi connectivity index (χ1) is 19.5. The molecule has 0 heterocycles. The lowest BCUT2D eigenvalue weighted by molar-refractivity contribution is 0.130. The van der Waals surface area contributed by atoms with Gasteiger partial charge in [0.2, 0.25) is 0 Å². The summed E-state index contributed by atoms with van der Waals surface area (Å²) in [5.41, 5.74) is 0.516. The molecule has 8 heteroatoms. The van der Waals surface area contributed by atoms with Crippen LogP contribution in [0.1, 0.15) is 47.1 Å². The fourth-order valence-electron chi connectivity index (χ4n) is 3.82. The van der Waals surface area contributed by atoms with Crippen LogP contribution in [0.25, 0.3) is 0 Å². The maximum atomic E-state index is 10.5. The van der Waals surface area contributed by atoms with Crippen molar-refractivity contribution in [2.75, 3.05) is 7.11 Å². The van der Waals surface area contributed by atoms with Gasteiger partial charge in [0, 0.05) is 0 Å². The second-order valence-corrected chi connectivity index (χ2v) is 15.1. The van der Waals surface area contributed by atoms with Gasteiger partial charge in [0.05, 0.1) is 22.9 Å². The topological polar surface area (TPSA) is 82.1 Å². The summed E-state index contributed by atoms with van der Waals surface area (Å²) in [6.45, 7) is 14.2. The summed E-state index contributed by atoms with van der Waals surface area (Å²) in [6.07, 6.45) is 0. The van der Waals surface area contributed by atoms with Gasteiger partial charge in [-0.05, 0) is 133 Å². The minimum atomic E-state index is -4.02. The van der Waals surface area contributed by atoms with Crippen LogP contribution >= 0.6 is 0 Å². The third-order valence-corrected chi connectivity index (χ3v) is 8.68. The predicted octanol–water partition coefficient (Wildman–Crippen LogP) is 8.39. The average molecular weight is 610 g/mol. The van der Waals surface area contributed by atoms with Gasteiger partial charge in [-0.2, -0.15) is 8.42 Å². The number of methoxy groups -OCH3 is 1. The Bertz CT molecular complexity index is 1460. The fraction of sp³-hybridized carbons (Fsp3) is 0.294. The summed E-state index contributed by atoms with van der Waals surface area (Å²) < 4.78 is 46.9. The third kappa shape index (κ3) is 10.4. The van der Waals surface area contributed by atoms with Gasteiger partial charge in [0.1, 0.15) is 28.5 Å². The Labute approximate surface area is 253 Å². The van der Waals surface area contributed by atoms with Gasteiger partial charge < -0.3 is 14.2 Å². The van der Waals surface area contributed by atoms with E-state index < -0.39 is 10.1 Å². The molecule has 0 bridgehead atoms. The molecule has 0 radical (unpaired) electrons. The van der Waals surface area contributed by atoms with Crippen molar-refractivity contribution in [2.24, 2.45) is 0 Å². The Balaban J connectivity index is 0.000000369. The Morgan fingerprint density at radius 1 is 0.571 bits per heavy atom. The predicted molar refractivity (Wildman–Crippen MR) is 170 cm³/mol. The molecule has 0 aromatic heterocycles. The van der Waals surface area contributed by atoms with E-state index in [4.69, 9.17) is 18.8 Å². The van der Waals surface area contributed by atoms with E-state index in [1.54, 1.807) is 19.2 Å². The Morgan fingerprint density at radius 3 is 1.19 bits per heavy atom. The zero-order valence-corrected chi connectivity index (χ0v) is 27.2. The molecule has 1 N–H and O–H groups in total. The van der Waals surface area contributed by atoms with Crippen molar-refractivity contribution in [3.63, 3.8) is 0 Å². The van der Waals surface area contributed by atoms with Crippen LogP contribution < -0.4 is 14.2 Å².